The first-order valence-electron chi connectivity index (χ1n) is 20.4. The van der Waals surface area contributed by atoms with Crippen molar-refractivity contribution in [3.05, 3.63) is 155 Å². The maximum Gasteiger partial charge on any atom is 0.573 e. The van der Waals surface area contributed by atoms with Gasteiger partial charge in [-0.15, -0.1) is 13.2 Å². The molecule has 0 unspecified atom stereocenters. The number of ether oxygens (including phenoxy) is 2. The fraction of sp³-hybridized carbons (Fsp3) is 0.277. The molecule has 61 heavy (non-hydrogen) atoms. The molecule has 1 fully saturated rings. The second kappa shape index (κ2) is 19.8. The van der Waals surface area contributed by atoms with E-state index in [0.29, 0.717) is 35.9 Å². The number of hydrogen-bond donors (Lipinski definition) is 2. The first-order valence-corrected chi connectivity index (χ1v) is 20.7. The third kappa shape index (κ3) is 11.3. The molecule has 7 aromatic rings. The summed E-state index contributed by atoms with van der Waals surface area (Å²) < 4.78 is 48.4. The second-order valence-corrected chi connectivity index (χ2v) is 15.0. The zero-order chi connectivity index (χ0) is 42.8. The van der Waals surface area contributed by atoms with Crippen LogP contribution in [0.5, 0.6) is 11.5 Å². The Balaban J connectivity index is 0.000000215. The highest BCUT2D eigenvalue weighted by Crippen LogP contribution is 2.32. The maximum atomic E-state index is 13.0. The van der Waals surface area contributed by atoms with Gasteiger partial charge in [0.2, 0.25) is 0 Å². The molecule has 3 aromatic heterocycles. The number of hydrogen-bond acceptors (Lipinski definition) is 8. The van der Waals surface area contributed by atoms with Crippen molar-refractivity contribution in [3.63, 3.8) is 0 Å². The predicted molar refractivity (Wildman–Crippen MR) is 234 cm³/mol. The molecule has 4 heterocycles. The lowest BCUT2D eigenvalue weighted by Gasteiger charge is -2.34. The lowest BCUT2D eigenvalue weighted by molar-refractivity contribution is -0.274. The van der Waals surface area contributed by atoms with E-state index in [1.807, 2.05) is 62.4 Å². The molecule has 0 atom stereocenters. The van der Waals surface area contributed by atoms with E-state index in [0.717, 1.165) is 83.9 Å². The lowest BCUT2D eigenvalue weighted by Crippen LogP contribution is -2.32. The predicted octanol–water partition coefficient (Wildman–Crippen LogP) is 10.4. The maximum absolute atomic E-state index is 13.0. The molecule has 14 heteroatoms. The zero-order valence-corrected chi connectivity index (χ0v) is 34.7. The highest BCUT2D eigenvalue weighted by atomic mass is 35.5. The van der Waals surface area contributed by atoms with Crippen molar-refractivity contribution < 1.29 is 27.4 Å². The fourth-order valence-corrected chi connectivity index (χ4v) is 7.65. The van der Waals surface area contributed by atoms with E-state index < -0.39 is 6.36 Å². The van der Waals surface area contributed by atoms with Gasteiger partial charge in [0.05, 0.1) is 22.8 Å². The van der Waals surface area contributed by atoms with E-state index in [2.05, 4.69) is 59.5 Å². The smallest absolute Gasteiger partial charge is 0.494 e. The molecule has 0 spiro atoms. The Labute approximate surface area is 357 Å². The van der Waals surface area contributed by atoms with Gasteiger partial charge in [-0.2, -0.15) is 0 Å². The molecule has 0 aliphatic carbocycles. The molecular formula is C47H47ClF3N7O3. The van der Waals surface area contributed by atoms with Crippen molar-refractivity contribution >= 4 is 45.6 Å². The Kier molecular flexibility index (Phi) is 13.9. The molecule has 0 bridgehead atoms. The lowest BCUT2D eigenvalue weighted by atomic mass is 9.89. The monoisotopic (exact) mass is 849 g/mol. The summed E-state index contributed by atoms with van der Waals surface area (Å²) in [6.45, 7) is 7.53. The minimum Gasteiger partial charge on any atom is -0.494 e. The summed E-state index contributed by atoms with van der Waals surface area (Å²) in [6, 6.07) is 34.1. The molecule has 0 radical (unpaired) electrons. The Bertz CT molecular complexity index is 2540. The number of nitrogens with one attached hydrogen (secondary N) is 2. The van der Waals surface area contributed by atoms with Crippen LogP contribution in [0.4, 0.5) is 24.7 Å². The number of fused-ring (bicyclic) bond motifs is 2. The fourth-order valence-electron chi connectivity index (χ4n) is 7.49. The Hall–Kier alpha value is -6.34. The summed E-state index contributed by atoms with van der Waals surface area (Å²) in [5.41, 5.74) is 7.21. The molecule has 316 valence electrons. The van der Waals surface area contributed by atoms with E-state index in [1.165, 1.54) is 17.7 Å². The topological polar surface area (TPSA) is 106 Å². The number of nitrogens with zero attached hydrogens (tertiary/aromatic N) is 5. The molecule has 8 rings (SSSR count). The third-order valence-electron chi connectivity index (χ3n) is 10.5. The van der Waals surface area contributed by atoms with Gasteiger partial charge in [-0.25, -0.2) is 15.0 Å². The Morgan fingerprint density at radius 3 is 2.38 bits per heavy atom. The first-order chi connectivity index (χ1) is 29.6. The van der Waals surface area contributed by atoms with E-state index in [-0.39, 0.29) is 17.6 Å². The minimum atomic E-state index is -4.68. The highest BCUT2D eigenvalue weighted by molar-refractivity contribution is 6.30. The van der Waals surface area contributed by atoms with Crippen LogP contribution in [0.15, 0.2) is 122 Å². The molecule has 4 aromatic carbocycles. The number of pyridine rings is 1. The van der Waals surface area contributed by atoms with Crippen LogP contribution in [0, 0.1) is 0 Å². The number of anilines is 2. The summed E-state index contributed by atoms with van der Waals surface area (Å²) in [7, 11) is 0. The number of carbonyl (C=O) groups excluding carboxylic acids is 1. The van der Waals surface area contributed by atoms with Crippen LogP contribution >= 0.6 is 11.6 Å². The average Bonchev–Trinajstić information content (AvgIpc) is 3.64. The molecule has 0 saturated carbocycles. The Morgan fingerprint density at radius 1 is 0.869 bits per heavy atom. The number of imidazole rings is 1. The number of rotatable bonds is 13. The molecular weight excluding hydrogens is 803 g/mol. The number of halogens is 4. The highest BCUT2D eigenvalue weighted by Gasteiger charge is 2.31. The van der Waals surface area contributed by atoms with Crippen LogP contribution in [0.2, 0.25) is 5.02 Å². The SMILES string of the molecule is CCOc1cccc(CCNc2ncnc3ccccc23)c1.CCc1nc2ccc(Cl)cn2c1C(=O)NCc1ccc(N2CCC(c3ccc(OC(F)(F)F)cc3)CC2)cc1. The van der Waals surface area contributed by atoms with Crippen molar-refractivity contribution in [2.24, 2.45) is 0 Å². The normalized spacial score (nSPS) is 13.1. The number of piperidine rings is 1. The van der Waals surface area contributed by atoms with E-state index in [1.54, 1.807) is 41.2 Å². The Morgan fingerprint density at radius 2 is 1.64 bits per heavy atom. The van der Waals surface area contributed by atoms with Gasteiger partial charge in [0.15, 0.2) is 0 Å². The number of benzene rings is 4. The number of aryl methyl sites for hydroxylation is 1. The molecule has 1 amide bonds. The minimum absolute atomic E-state index is 0.200. The van der Waals surface area contributed by atoms with Crippen LogP contribution in [-0.2, 0) is 19.4 Å². The van der Waals surface area contributed by atoms with Gasteiger partial charge in [0.1, 0.15) is 35.0 Å². The quantitative estimate of drug-likeness (QED) is 0.118. The molecule has 1 aliphatic rings. The van der Waals surface area contributed by atoms with Crippen LogP contribution < -0.4 is 25.0 Å². The van der Waals surface area contributed by atoms with Gasteiger partial charge < -0.3 is 25.0 Å². The standard InChI is InChI=1S/C29H28ClF3N4O2.C18H19N3O/c1-2-25-27(37-18-22(30)7-12-26(37)35-25)28(38)34-17-19-3-8-23(9-4-19)36-15-13-21(14-16-36)20-5-10-24(11-6-20)39-29(31,32)33;1-2-22-15-7-5-6-14(12-15)10-11-19-18-16-8-3-4-9-17(16)20-13-21-18/h3-12,18,21H,2,13-17H2,1H3,(H,34,38);3-9,12-13H,2,10-11H2,1H3,(H,19,20,21). The largest absolute Gasteiger partial charge is 0.573 e. The zero-order valence-electron chi connectivity index (χ0n) is 34.0. The number of para-hydroxylation sites is 1. The van der Waals surface area contributed by atoms with E-state index in [4.69, 9.17) is 16.3 Å². The van der Waals surface area contributed by atoms with Gasteiger partial charge in [-0.1, -0.05) is 67.1 Å². The number of alkyl halides is 3. The number of amides is 1. The van der Waals surface area contributed by atoms with E-state index in [9.17, 15) is 18.0 Å². The van der Waals surface area contributed by atoms with Crippen molar-refractivity contribution in [3.8, 4) is 11.5 Å². The second-order valence-electron chi connectivity index (χ2n) is 14.6. The van der Waals surface area contributed by atoms with Gasteiger partial charge >= 0.3 is 6.36 Å². The summed E-state index contributed by atoms with van der Waals surface area (Å²) in [5.74, 6) is 1.69. The number of carbonyl (C=O) groups is 1. The van der Waals surface area contributed by atoms with Gasteiger partial charge in [0, 0.05) is 43.4 Å². The average molecular weight is 850 g/mol. The molecule has 10 nitrogen and oxygen atoms in total. The molecule has 1 aliphatic heterocycles. The number of aromatic nitrogens is 4. The summed E-state index contributed by atoms with van der Waals surface area (Å²) in [6.07, 6.45) is 1.97. The molecule has 1 saturated heterocycles. The van der Waals surface area contributed by atoms with Crippen LogP contribution in [0.25, 0.3) is 16.6 Å². The van der Waals surface area contributed by atoms with Gasteiger partial charge in [-0.3, -0.25) is 9.20 Å². The third-order valence-corrected chi connectivity index (χ3v) is 10.7. The van der Waals surface area contributed by atoms with Crippen molar-refractivity contribution in [2.75, 3.05) is 36.5 Å². The van der Waals surface area contributed by atoms with Crippen LogP contribution in [-0.4, -0.2) is 57.9 Å². The van der Waals surface area contributed by atoms with Crippen molar-refractivity contribution in [2.45, 2.75) is 58.4 Å². The van der Waals surface area contributed by atoms with Crippen molar-refractivity contribution in [1.82, 2.24) is 24.7 Å². The van der Waals surface area contributed by atoms with Crippen molar-refractivity contribution in [1.29, 1.82) is 0 Å². The summed E-state index contributed by atoms with van der Waals surface area (Å²) in [5, 5.41) is 7.98. The van der Waals surface area contributed by atoms with Gasteiger partial charge in [0.25, 0.3) is 5.91 Å². The summed E-state index contributed by atoms with van der Waals surface area (Å²) >= 11 is 6.14. The van der Waals surface area contributed by atoms with E-state index >= 15 is 0 Å². The molecule has 2 N–H and O–H groups in total. The van der Waals surface area contributed by atoms with Gasteiger partial charge in [-0.05, 0) is 116 Å². The summed E-state index contributed by atoms with van der Waals surface area (Å²) in [4.78, 5) is 28.5. The first kappa shape index (κ1) is 42.8. The van der Waals surface area contributed by atoms with Crippen LogP contribution in [0.1, 0.15) is 65.5 Å². The van der Waals surface area contributed by atoms with Crippen LogP contribution in [0.3, 0.4) is 0 Å².